The summed E-state index contributed by atoms with van der Waals surface area (Å²) < 4.78 is 7.49. The largest absolute Gasteiger partial charge is 0.497 e. The Morgan fingerprint density at radius 3 is 2.89 bits per heavy atom. The molecule has 0 saturated heterocycles. The summed E-state index contributed by atoms with van der Waals surface area (Å²) in [5, 5.41) is 3.49. The van der Waals surface area contributed by atoms with Crippen LogP contribution >= 0.6 is 0 Å². The highest BCUT2D eigenvalue weighted by Crippen LogP contribution is 2.12. The van der Waals surface area contributed by atoms with E-state index < -0.39 is 0 Å². The van der Waals surface area contributed by atoms with Gasteiger partial charge in [-0.15, -0.1) is 0 Å². The Morgan fingerprint density at radius 1 is 1.21 bits per heavy atom. The molecule has 0 aliphatic heterocycles. The molecule has 3 nitrogen and oxygen atoms in total. The van der Waals surface area contributed by atoms with E-state index in [-0.39, 0.29) is 0 Å². The summed E-state index contributed by atoms with van der Waals surface area (Å²) in [6, 6.07) is 12.5. The van der Waals surface area contributed by atoms with Crippen LogP contribution in [0.25, 0.3) is 0 Å². The highest BCUT2D eigenvalue weighted by atomic mass is 16.5. The first-order valence-electron chi connectivity index (χ1n) is 6.81. The van der Waals surface area contributed by atoms with Crippen LogP contribution in [0.1, 0.15) is 18.2 Å². The van der Waals surface area contributed by atoms with Crippen LogP contribution in [0, 0.1) is 0 Å². The summed E-state index contributed by atoms with van der Waals surface area (Å²) in [5.41, 5.74) is 2.64. The van der Waals surface area contributed by atoms with Gasteiger partial charge in [-0.2, -0.15) is 0 Å². The van der Waals surface area contributed by atoms with Gasteiger partial charge in [0.1, 0.15) is 5.75 Å². The molecule has 1 heterocycles. The molecule has 0 amide bonds. The Morgan fingerprint density at radius 2 is 2.11 bits per heavy atom. The number of nitrogens with one attached hydrogen (secondary N) is 1. The highest BCUT2D eigenvalue weighted by molar-refractivity contribution is 5.28. The van der Waals surface area contributed by atoms with Gasteiger partial charge in [0.05, 0.1) is 7.11 Å². The fraction of sp³-hybridized carbons (Fsp3) is 0.375. The molecule has 1 aromatic carbocycles. The molecule has 0 bridgehead atoms. The molecule has 102 valence electrons. The van der Waals surface area contributed by atoms with E-state index in [1.54, 1.807) is 7.11 Å². The third kappa shape index (κ3) is 3.86. The topological polar surface area (TPSA) is 26.2 Å². The Bertz CT molecular complexity index is 505. The molecule has 3 heteroatoms. The van der Waals surface area contributed by atoms with Crippen molar-refractivity contribution in [3.05, 3.63) is 53.9 Å². The normalized spacial score (nSPS) is 10.6. The van der Waals surface area contributed by atoms with Crippen LogP contribution in [-0.2, 0) is 19.5 Å². The van der Waals surface area contributed by atoms with Crippen molar-refractivity contribution in [1.29, 1.82) is 0 Å². The lowest BCUT2D eigenvalue weighted by Gasteiger charge is -2.08. The number of nitrogens with zero attached hydrogens (tertiary/aromatic N) is 1. The van der Waals surface area contributed by atoms with E-state index in [2.05, 4.69) is 47.3 Å². The van der Waals surface area contributed by atoms with Crippen LogP contribution in [0.4, 0.5) is 0 Å². The standard InChI is InChI=1S/C16H22N2O/c1-3-18-11-5-7-15(18)13-17-10-9-14-6-4-8-16(12-14)19-2/h4-8,11-12,17H,3,9-10,13H2,1-2H3. The van der Waals surface area contributed by atoms with Crippen molar-refractivity contribution in [2.75, 3.05) is 13.7 Å². The van der Waals surface area contributed by atoms with Crippen LogP contribution in [0.2, 0.25) is 0 Å². The molecule has 2 aromatic rings. The molecule has 0 aliphatic rings. The minimum atomic E-state index is 0.921. The lowest BCUT2D eigenvalue weighted by molar-refractivity contribution is 0.414. The predicted octanol–water partition coefficient (Wildman–Crippen LogP) is 2.85. The summed E-state index contributed by atoms with van der Waals surface area (Å²) in [7, 11) is 1.70. The van der Waals surface area contributed by atoms with E-state index in [0.717, 1.165) is 31.8 Å². The maximum absolute atomic E-state index is 5.23. The lowest BCUT2D eigenvalue weighted by Crippen LogP contribution is -2.18. The van der Waals surface area contributed by atoms with Gasteiger partial charge in [-0.1, -0.05) is 12.1 Å². The number of aromatic nitrogens is 1. The highest BCUT2D eigenvalue weighted by Gasteiger charge is 1.99. The molecular weight excluding hydrogens is 236 g/mol. The zero-order valence-electron chi connectivity index (χ0n) is 11.7. The molecule has 0 radical (unpaired) electrons. The number of hydrogen-bond acceptors (Lipinski definition) is 2. The lowest BCUT2D eigenvalue weighted by atomic mass is 10.1. The second-order valence-electron chi connectivity index (χ2n) is 4.56. The monoisotopic (exact) mass is 258 g/mol. The third-order valence-electron chi connectivity index (χ3n) is 3.29. The van der Waals surface area contributed by atoms with Gasteiger partial charge in [-0.25, -0.2) is 0 Å². The van der Waals surface area contributed by atoms with E-state index >= 15 is 0 Å². The Labute approximate surface area is 115 Å². The van der Waals surface area contributed by atoms with Crippen LogP contribution in [0.3, 0.4) is 0 Å². The first kappa shape index (κ1) is 13.7. The summed E-state index contributed by atoms with van der Waals surface area (Å²) >= 11 is 0. The van der Waals surface area contributed by atoms with Gasteiger partial charge in [0.15, 0.2) is 0 Å². The average molecular weight is 258 g/mol. The smallest absolute Gasteiger partial charge is 0.119 e. The van der Waals surface area contributed by atoms with Gasteiger partial charge in [0, 0.05) is 25.0 Å². The zero-order valence-corrected chi connectivity index (χ0v) is 11.7. The van der Waals surface area contributed by atoms with E-state index in [1.807, 2.05) is 12.1 Å². The van der Waals surface area contributed by atoms with Crippen molar-refractivity contribution in [2.24, 2.45) is 0 Å². The average Bonchev–Trinajstić information content (AvgIpc) is 2.91. The number of methoxy groups -OCH3 is 1. The fourth-order valence-electron chi connectivity index (χ4n) is 2.20. The van der Waals surface area contributed by atoms with Gasteiger partial charge < -0.3 is 14.6 Å². The molecular formula is C16H22N2O. The Balaban J connectivity index is 1.77. The van der Waals surface area contributed by atoms with E-state index in [4.69, 9.17) is 4.74 Å². The molecule has 0 fully saturated rings. The molecule has 0 atom stereocenters. The van der Waals surface area contributed by atoms with Crippen LogP contribution < -0.4 is 10.1 Å². The summed E-state index contributed by atoms with van der Waals surface area (Å²) in [4.78, 5) is 0. The molecule has 1 aromatic heterocycles. The number of benzene rings is 1. The number of ether oxygens (including phenoxy) is 1. The van der Waals surface area contributed by atoms with Crippen molar-refractivity contribution in [3.8, 4) is 5.75 Å². The maximum Gasteiger partial charge on any atom is 0.119 e. The van der Waals surface area contributed by atoms with Crippen LogP contribution in [-0.4, -0.2) is 18.2 Å². The quantitative estimate of drug-likeness (QED) is 0.773. The second-order valence-corrected chi connectivity index (χ2v) is 4.56. The molecule has 19 heavy (non-hydrogen) atoms. The molecule has 0 unspecified atom stereocenters. The zero-order chi connectivity index (χ0) is 13.5. The SMILES string of the molecule is CCn1cccc1CNCCc1cccc(OC)c1. The molecule has 1 N–H and O–H groups in total. The molecule has 0 saturated carbocycles. The summed E-state index contributed by atoms with van der Waals surface area (Å²) in [6.07, 6.45) is 3.14. The van der Waals surface area contributed by atoms with Crippen molar-refractivity contribution in [3.63, 3.8) is 0 Å². The number of aryl methyl sites for hydroxylation is 1. The van der Waals surface area contributed by atoms with Crippen molar-refractivity contribution < 1.29 is 4.74 Å². The maximum atomic E-state index is 5.23. The van der Waals surface area contributed by atoms with Crippen molar-refractivity contribution >= 4 is 0 Å². The number of rotatable bonds is 7. The van der Waals surface area contributed by atoms with Crippen LogP contribution in [0.5, 0.6) is 5.75 Å². The molecule has 0 aliphatic carbocycles. The van der Waals surface area contributed by atoms with Gasteiger partial charge >= 0.3 is 0 Å². The first-order valence-corrected chi connectivity index (χ1v) is 6.81. The molecule has 0 spiro atoms. The Kier molecular flexibility index (Phi) is 5.04. The second kappa shape index (κ2) is 7.00. The van der Waals surface area contributed by atoms with Gasteiger partial charge in [-0.05, 0) is 49.7 Å². The van der Waals surface area contributed by atoms with E-state index in [0.29, 0.717) is 0 Å². The fourth-order valence-corrected chi connectivity index (χ4v) is 2.20. The van der Waals surface area contributed by atoms with E-state index in [9.17, 15) is 0 Å². The summed E-state index contributed by atoms with van der Waals surface area (Å²) in [6.45, 7) is 5.09. The minimum Gasteiger partial charge on any atom is -0.497 e. The summed E-state index contributed by atoms with van der Waals surface area (Å²) in [5.74, 6) is 0.928. The Hall–Kier alpha value is -1.74. The number of hydrogen-bond donors (Lipinski definition) is 1. The van der Waals surface area contributed by atoms with Crippen LogP contribution in [0.15, 0.2) is 42.6 Å². The van der Waals surface area contributed by atoms with Gasteiger partial charge in [0.25, 0.3) is 0 Å². The third-order valence-corrected chi connectivity index (χ3v) is 3.29. The van der Waals surface area contributed by atoms with Crippen molar-refractivity contribution in [2.45, 2.75) is 26.4 Å². The van der Waals surface area contributed by atoms with Gasteiger partial charge in [0.2, 0.25) is 0 Å². The van der Waals surface area contributed by atoms with Crippen molar-refractivity contribution in [1.82, 2.24) is 9.88 Å². The van der Waals surface area contributed by atoms with E-state index in [1.165, 1.54) is 11.3 Å². The predicted molar refractivity (Wildman–Crippen MR) is 78.5 cm³/mol. The first-order chi connectivity index (χ1) is 9.33. The minimum absolute atomic E-state index is 0.921. The van der Waals surface area contributed by atoms with Gasteiger partial charge in [-0.3, -0.25) is 0 Å². The molecule has 2 rings (SSSR count).